The molecule has 1 unspecified atom stereocenters. The Morgan fingerprint density at radius 1 is 1.53 bits per heavy atom. The second-order valence-corrected chi connectivity index (χ2v) is 5.41. The molecule has 1 aliphatic rings. The molecule has 1 aromatic carbocycles. The van der Waals surface area contributed by atoms with E-state index in [1.54, 1.807) is 0 Å². The molecule has 1 fully saturated rings. The Morgan fingerprint density at radius 3 is 2.53 bits per heavy atom. The van der Waals surface area contributed by atoms with Gasteiger partial charge in [0.05, 0.1) is 12.2 Å². The van der Waals surface area contributed by atoms with Gasteiger partial charge in [0.15, 0.2) is 0 Å². The third kappa shape index (κ3) is 7.06. The van der Waals surface area contributed by atoms with Gasteiger partial charge in [-0.3, -0.25) is 4.55 Å². The van der Waals surface area contributed by atoms with Crippen molar-refractivity contribution in [2.75, 3.05) is 6.61 Å². The van der Waals surface area contributed by atoms with Crippen molar-refractivity contribution in [1.29, 1.82) is 0 Å². The van der Waals surface area contributed by atoms with Gasteiger partial charge in [0.25, 0.3) is 0 Å². The molecule has 1 aromatic rings. The van der Waals surface area contributed by atoms with Crippen LogP contribution in [0.4, 0.5) is 4.39 Å². The first kappa shape index (κ1) is 15.8. The molecule has 0 spiro atoms. The van der Waals surface area contributed by atoms with E-state index in [1.807, 2.05) is 0 Å². The average molecular weight is 313 g/mol. The summed E-state index contributed by atoms with van der Waals surface area (Å²) in [6, 6.07) is 5.38. The molecule has 6 nitrogen and oxygen atoms in total. The monoisotopic (exact) mass is 312 g/mol. The van der Waals surface area contributed by atoms with Crippen LogP contribution in [-0.4, -0.2) is 31.8 Å². The molecule has 0 saturated carbocycles. The lowest BCUT2D eigenvalue weighted by Crippen LogP contribution is -2.31. The fourth-order valence-electron chi connectivity index (χ4n) is 1.11. The van der Waals surface area contributed by atoms with E-state index in [1.165, 1.54) is 18.2 Å². The van der Waals surface area contributed by atoms with Crippen LogP contribution in [0.3, 0.4) is 0 Å². The fourth-order valence-corrected chi connectivity index (χ4v) is 1.11. The quantitative estimate of drug-likeness (QED) is 0.508. The normalized spacial score (nSPS) is 17.7. The number of carbonyl (C=O) groups is 1. The zero-order valence-electron chi connectivity index (χ0n) is 9.45. The topological polar surface area (TPSA) is 89.9 Å². The van der Waals surface area contributed by atoms with Gasteiger partial charge in [-0.05, 0) is 18.2 Å². The molecule has 0 aromatic heterocycles. The number of hydrogen-bond acceptors (Lipinski definition) is 5. The summed E-state index contributed by atoms with van der Waals surface area (Å²) < 4.78 is 47.7. The van der Waals surface area contributed by atoms with Gasteiger partial charge in [-0.2, -0.15) is 8.42 Å². The first-order valence-electron chi connectivity index (χ1n) is 5.01. The van der Waals surface area contributed by atoms with Gasteiger partial charge in [-0.15, -0.1) is 0 Å². The highest BCUT2D eigenvalue weighted by Crippen LogP contribution is 2.15. The van der Waals surface area contributed by atoms with E-state index in [9.17, 15) is 9.18 Å². The third-order valence-corrected chi connectivity index (χ3v) is 1.96. The van der Waals surface area contributed by atoms with Crippen molar-refractivity contribution in [2.24, 2.45) is 0 Å². The van der Waals surface area contributed by atoms with E-state index in [-0.39, 0.29) is 5.56 Å². The number of rotatable bonds is 2. The van der Waals surface area contributed by atoms with E-state index in [4.69, 9.17) is 22.4 Å². The van der Waals surface area contributed by atoms with Crippen LogP contribution in [0.25, 0.3) is 0 Å². The maximum Gasteiger partial charge on any atom is 0.353 e. The minimum absolute atomic E-state index is 0.209. The predicted octanol–water partition coefficient (Wildman–Crippen LogP) is 1.76. The summed E-state index contributed by atoms with van der Waals surface area (Å²) in [5.41, 5.74) is 0.209. The Bertz CT molecular complexity index is 535. The van der Waals surface area contributed by atoms with Crippen molar-refractivity contribution in [1.82, 2.24) is 0 Å². The smallest absolute Gasteiger partial charge is 0.353 e. The molecule has 0 amide bonds. The SMILES string of the molecule is O=C(OC1CCO1)c1cccc(F)c1.O=S(=O)(O)Cl. The molecule has 1 aliphatic heterocycles. The molecule has 106 valence electrons. The lowest BCUT2D eigenvalue weighted by atomic mass is 10.2. The second kappa shape index (κ2) is 6.80. The Kier molecular flexibility index (Phi) is 5.67. The molecule has 9 heteroatoms. The van der Waals surface area contributed by atoms with Gasteiger partial charge in [0, 0.05) is 17.1 Å². The third-order valence-electron chi connectivity index (χ3n) is 1.96. The van der Waals surface area contributed by atoms with Gasteiger partial charge >= 0.3 is 15.3 Å². The van der Waals surface area contributed by atoms with Gasteiger partial charge in [-0.25, -0.2) is 9.18 Å². The number of ether oxygens (including phenoxy) is 2. The standard InChI is InChI=1S/C10H9FO3.ClHO3S/c11-8-3-1-2-7(6-8)10(12)14-9-4-5-13-9;1-5(2,3)4/h1-3,6,9H,4-5H2;(H,2,3,4). The first-order chi connectivity index (χ1) is 8.75. The Morgan fingerprint density at radius 2 is 2.11 bits per heavy atom. The van der Waals surface area contributed by atoms with Gasteiger partial charge in [-0.1, -0.05) is 6.07 Å². The molecule has 1 atom stereocenters. The van der Waals surface area contributed by atoms with E-state index in [0.717, 1.165) is 6.07 Å². The summed E-state index contributed by atoms with van der Waals surface area (Å²) in [6.07, 6.45) is 0.256. The lowest BCUT2D eigenvalue weighted by molar-refractivity contribution is -0.184. The molecule has 1 saturated heterocycles. The van der Waals surface area contributed by atoms with Crippen molar-refractivity contribution in [2.45, 2.75) is 12.7 Å². The van der Waals surface area contributed by atoms with Crippen molar-refractivity contribution in [3.63, 3.8) is 0 Å². The number of esters is 1. The Hall–Kier alpha value is -1.22. The van der Waals surface area contributed by atoms with Crippen LogP contribution in [0.2, 0.25) is 0 Å². The van der Waals surface area contributed by atoms with Crippen LogP contribution in [0.5, 0.6) is 0 Å². The maximum absolute atomic E-state index is 12.7. The van der Waals surface area contributed by atoms with Gasteiger partial charge in [0.2, 0.25) is 6.29 Å². The van der Waals surface area contributed by atoms with E-state index < -0.39 is 27.4 Å². The summed E-state index contributed by atoms with van der Waals surface area (Å²) >= 11 is 0. The zero-order valence-corrected chi connectivity index (χ0v) is 11.0. The first-order valence-corrected chi connectivity index (χ1v) is 7.27. The number of halogens is 2. The van der Waals surface area contributed by atoms with Crippen LogP contribution in [0, 0.1) is 5.82 Å². The minimum Gasteiger partial charge on any atom is -0.432 e. The molecule has 1 N–H and O–H groups in total. The molecule has 2 rings (SSSR count). The molecule has 19 heavy (non-hydrogen) atoms. The molecule has 0 aliphatic carbocycles. The summed E-state index contributed by atoms with van der Waals surface area (Å²) in [7, 11) is -0.137. The minimum atomic E-state index is -4.19. The zero-order chi connectivity index (χ0) is 14.5. The molecule has 0 bridgehead atoms. The largest absolute Gasteiger partial charge is 0.432 e. The van der Waals surface area contributed by atoms with E-state index in [0.29, 0.717) is 13.0 Å². The molecular weight excluding hydrogens is 303 g/mol. The van der Waals surface area contributed by atoms with Crippen molar-refractivity contribution in [3.8, 4) is 0 Å². The molecule has 0 radical (unpaired) electrons. The van der Waals surface area contributed by atoms with Crippen molar-refractivity contribution < 1.29 is 31.6 Å². The summed E-state index contributed by atoms with van der Waals surface area (Å²) in [4.78, 5) is 11.3. The molecular formula is C10H10ClFO6S. The van der Waals surface area contributed by atoms with Crippen LogP contribution in [-0.2, 0) is 18.8 Å². The fraction of sp³-hybridized carbons (Fsp3) is 0.300. The highest BCUT2D eigenvalue weighted by Gasteiger charge is 2.23. The highest BCUT2D eigenvalue weighted by atomic mass is 35.7. The lowest BCUT2D eigenvalue weighted by Gasteiger charge is -2.25. The van der Waals surface area contributed by atoms with E-state index in [2.05, 4.69) is 10.7 Å². The maximum atomic E-state index is 12.7. The van der Waals surface area contributed by atoms with Crippen molar-refractivity contribution >= 4 is 26.0 Å². The Balaban J connectivity index is 0.000000312. The summed E-state index contributed by atoms with van der Waals surface area (Å²) in [6.45, 7) is 0.612. The van der Waals surface area contributed by atoms with Crippen LogP contribution in [0.15, 0.2) is 24.3 Å². The van der Waals surface area contributed by atoms with Gasteiger partial charge < -0.3 is 9.47 Å². The average Bonchev–Trinajstić information content (AvgIpc) is 2.21. The van der Waals surface area contributed by atoms with E-state index >= 15 is 0 Å². The summed E-state index contributed by atoms with van der Waals surface area (Å²) in [5.74, 6) is -0.997. The van der Waals surface area contributed by atoms with Crippen molar-refractivity contribution in [3.05, 3.63) is 35.6 Å². The van der Waals surface area contributed by atoms with Crippen LogP contribution < -0.4 is 0 Å². The number of hydrogen-bond donors (Lipinski definition) is 1. The summed E-state index contributed by atoms with van der Waals surface area (Å²) in [5, 5.41) is 0. The number of benzene rings is 1. The predicted molar refractivity (Wildman–Crippen MR) is 63.6 cm³/mol. The van der Waals surface area contributed by atoms with Gasteiger partial charge in [0.1, 0.15) is 5.82 Å². The van der Waals surface area contributed by atoms with Crippen LogP contribution >= 0.6 is 10.7 Å². The number of carbonyl (C=O) groups excluding carboxylic acids is 1. The molecule has 1 heterocycles. The van der Waals surface area contributed by atoms with Crippen LogP contribution in [0.1, 0.15) is 16.8 Å². The Labute approximate surface area is 113 Å². The second-order valence-electron chi connectivity index (χ2n) is 3.42. The highest BCUT2D eigenvalue weighted by molar-refractivity contribution is 8.09.